The number of fused-ring (bicyclic) bond motifs is 1. The number of rotatable bonds is 6. The molecule has 0 N–H and O–H groups in total. The van der Waals surface area contributed by atoms with E-state index in [2.05, 4.69) is 9.80 Å². The van der Waals surface area contributed by atoms with E-state index in [0.29, 0.717) is 25.1 Å². The highest BCUT2D eigenvalue weighted by Crippen LogP contribution is 2.35. The van der Waals surface area contributed by atoms with Crippen LogP contribution in [0.4, 0.5) is 10.1 Å². The lowest BCUT2D eigenvalue weighted by atomic mass is 9.85. The van der Waals surface area contributed by atoms with E-state index in [1.54, 1.807) is 13.2 Å². The van der Waals surface area contributed by atoms with Crippen LogP contribution in [-0.4, -0.2) is 68.0 Å². The van der Waals surface area contributed by atoms with Gasteiger partial charge in [0.1, 0.15) is 11.6 Å². The molecule has 2 atom stereocenters. The summed E-state index contributed by atoms with van der Waals surface area (Å²) in [5.41, 5.74) is 0.915. The molecule has 8 heteroatoms. The predicted molar refractivity (Wildman–Crippen MR) is 116 cm³/mol. The molecule has 0 spiro atoms. The van der Waals surface area contributed by atoms with Gasteiger partial charge in [-0.05, 0) is 37.9 Å². The smallest absolute Gasteiger partial charge is 0.233 e. The van der Waals surface area contributed by atoms with Gasteiger partial charge < -0.3 is 9.64 Å². The SMILES string of the molecule is COc1cc(F)ccc1N1CCN(CCCN2C(=O)C3CC=CCC3C2=O)CC1.Cl. The van der Waals surface area contributed by atoms with Gasteiger partial charge in [0.25, 0.3) is 0 Å². The Morgan fingerprint density at radius 3 is 2.23 bits per heavy atom. The summed E-state index contributed by atoms with van der Waals surface area (Å²) < 4.78 is 18.7. The zero-order valence-electron chi connectivity index (χ0n) is 17.3. The van der Waals surface area contributed by atoms with Gasteiger partial charge in [-0.2, -0.15) is 0 Å². The van der Waals surface area contributed by atoms with Crippen LogP contribution < -0.4 is 9.64 Å². The third-order valence-corrected chi connectivity index (χ3v) is 6.31. The Morgan fingerprint density at radius 2 is 1.63 bits per heavy atom. The van der Waals surface area contributed by atoms with Crippen molar-refractivity contribution in [2.45, 2.75) is 19.3 Å². The molecule has 0 aromatic heterocycles. The van der Waals surface area contributed by atoms with E-state index in [-0.39, 0.29) is 41.9 Å². The lowest BCUT2D eigenvalue weighted by Crippen LogP contribution is -2.47. The van der Waals surface area contributed by atoms with E-state index in [1.807, 2.05) is 12.2 Å². The third kappa shape index (κ3) is 4.47. The average Bonchev–Trinajstić information content (AvgIpc) is 2.99. The van der Waals surface area contributed by atoms with Crippen LogP contribution in [0.1, 0.15) is 19.3 Å². The van der Waals surface area contributed by atoms with Crippen molar-refractivity contribution >= 4 is 29.9 Å². The van der Waals surface area contributed by atoms with Crippen molar-refractivity contribution in [2.24, 2.45) is 11.8 Å². The van der Waals surface area contributed by atoms with Crippen LogP contribution in [0.5, 0.6) is 5.75 Å². The quantitative estimate of drug-likeness (QED) is 0.506. The third-order valence-electron chi connectivity index (χ3n) is 6.31. The van der Waals surface area contributed by atoms with E-state index in [1.165, 1.54) is 17.0 Å². The molecule has 1 aromatic carbocycles. The number of nitrogens with zero attached hydrogens (tertiary/aromatic N) is 3. The number of methoxy groups -OCH3 is 1. The Balaban J connectivity index is 0.00000256. The van der Waals surface area contributed by atoms with Crippen molar-refractivity contribution in [1.29, 1.82) is 0 Å². The van der Waals surface area contributed by atoms with Gasteiger partial charge in [0, 0.05) is 38.8 Å². The van der Waals surface area contributed by atoms with Crippen LogP contribution in [0.2, 0.25) is 0 Å². The predicted octanol–water partition coefficient (Wildman–Crippen LogP) is 2.72. The molecule has 0 saturated carbocycles. The van der Waals surface area contributed by atoms with E-state index in [9.17, 15) is 14.0 Å². The Hall–Kier alpha value is -2.12. The maximum absolute atomic E-state index is 13.4. The summed E-state index contributed by atoms with van der Waals surface area (Å²) in [5.74, 6) is 0.00458. The largest absolute Gasteiger partial charge is 0.494 e. The van der Waals surface area contributed by atoms with Gasteiger partial charge in [0.15, 0.2) is 0 Å². The summed E-state index contributed by atoms with van der Waals surface area (Å²) in [6.45, 7) is 4.81. The average molecular weight is 438 g/mol. The van der Waals surface area contributed by atoms with E-state index < -0.39 is 0 Å². The second-order valence-corrected chi connectivity index (χ2v) is 7.98. The molecule has 30 heavy (non-hydrogen) atoms. The van der Waals surface area contributed by atoms with Crippen molar-refractivity contribution < 1.29 is 18.7 Å². The molecule has 2 aliphatic heterocycles. The highest BCUT2D eigenvalue weighted by Gasteiger charge is 2.46. The van der Waals surface area contributed by atoms with Gasteiger partial charge in [0.05, 0.1) is 24.6 Å². The van der Waals surface area contributed by atoms with Crippen LogP contribution in [0.25, 0.3) is 0 Å². The Kier molecular flexibility index (Phi) is 7.36. The summed E-state index contributed by atoms with van der Waals surface area (Å²) in [6.07, 6.45) is 6.22. The maximum Gasteiger partial charge on any atom is 0.233 e. The molecule has 1 aromatic rings. The topological polar surface area (TPSA) is 53.1 Å². The van der Waals surface area contributed by atoms with Crippen molar-refractivity contribution in [3.8, 4) is 5.75 Å². The van der Waals surface area contributed by atoms with Gasteiger partial charge in [0.2, 0.25) is 11.8 Å². The van der Waals surface area contributed by atoms with Gasteiger partial charge >= 0.3 is 0 Å². The van der Waals surface area contributed by atoms with Gasteiger partial charge in [-0.3, -0.25) is 19.4 Å². The second-order valence-electron chi connectivity index (χ2n) is 7.98. The lowest BCUT2D eigenvalue weighted by molar-refractivity contribution is -0.140. The molecule has 2 amide bonds. The number of halogens is 2. The number of hydrogen-bond donors (Lipinski definition) is 0. The minimum atomic E-state index is -0.300. The Morgan fingerprint density at radius 1 is 1.00 bits per heavy atom. The molecule has 4 rings (SSSR count). The number of likely N-dealkylation sites (tertiary alicyclic amines) is 1. The van der Waals surface area contributed by atoms with Gasteiger partial charge in [-0.1, -0.05) is 12.2 Å². The monoisotopic (exact) mass is 437 g/mol. The number of amides is 2. The van der Waals surface area contributed by atoms with Crippen LogP contribution in [-0.2, 0) is 9.59 Å². The first kappa shape index (κ1) is 22.6. The number of carbonyl (C=O) groups excluding carboxylic acids is 2. The maximum atomic E-state index is 13.4. The van der Waals surface area contributed by atoms with E-state index in [0.717, 1.165) is 44.8 Å². The second kappa shape index (κ2) is 9.79. The van der Waals surface area contributed by atoms with E-state index >= 15 is 0 Å². The molecular weight excluding hydrogens is 409 g/mol. The molecule has 2 unspecified atom stereocenters. The minimum absolute atomic E-state index is 0. The number of imide groups is 1. The highest BCUT2D eigenvalue weighted by atomic mass is 35.5. The van der Waals surface area contributed by atoms with Crippen molar-refractivity contribution in [3.63, 3.8) is 0 Å². The number of benzene rings is 1. The Bertz CT molecular complexity index is 785. The molecule has 2 fully saturated rings. The summed E-state index contributed by atoms with van der Waals surface area (Å²) in [6, 6.07) is 4.64. The number of piperazine rings is 1. The fourth-order valence-corrected chi connectivity index (χ4v) is 4.67. The first-order chi connectivity index (χ1) is 14.1. The van der Waals surface area contributed by atoms with Crippen molar-refractivity contribution in [1.82, 2.24) is 9.80 Å². The highest BCUT2D eigenvalue weighted by molar-refractivity contribution is 6.05. The van der Waals surface area contributed by atoms with Crippen LogP contribution in [0.3, 0.4) is 0 Å². The molecule has 164 valence electrons. The van der Waals surface area contributed by atoms with Crippen LogP contribution >= 0.6 is 12.4 Å². The molecule has 2 heterocycles. The molecular formula is C22H29ClFN3O3. The zero-order chi connectivity index (χ0) is 20.4. The lowest BCUT2D eigenvalue weighted by Gasteiger charge is -2.36. The fraction of sp³-hybridized carbons (Fsp3) is 0.545. The van der Waals surface area contributed by atoms with Crippen molar-refractivity contribution in [3.05, 3.63) is 36.2 Å². The first-order valence-electron chi connectivity index (χ1n) is 10.4. The van der Waals surface area contributed by atoms with Crippen LogP contribution in [0, 0.1) is 17.7 Å². The molecule has 0 bridgehead atoms. The molecule has 3 aliphatic rings. The summed E-state index contributed by atoms with van der Waals surface area (Å²) >= 11 is 0. The number of ether oxygens (including phenoxy) is 1. The number of carbonyl (C=O) groups is 2. The van der Waals surface area contributed by atoms with Crippen LogP contribution in [0.15, 0.2) is 30.4 Å². The van der Waals surface area contributed by atoms with E-state index in [4.69, 9.17) is 4.74 Å². The summed E-state index contributed by atoms with van der Waals surface area (Å²) in [5, 5.41) is 0. The summed E-state index contributed by atoms with van der Waals surface area (Å²) in [4.78, 5) is 31.1. The fourth-order valence-electron chi connectivity index (χ4n) is 4.67. The number of allylic oxidation sites excluding steroid dienone is 2. The molecule has 6 nitrogen and oxygen atoms in total. The standard InChI is InChI=1S/C22H28FN3O3.ClH/c1-29-20-15-16(23)7-8-19(20)25-13-11-24(12-14-25)9-4-10-26-21(27)17-5-2-3-6-18(17)22(26)28;/h2-3,7-8,15,17-18H,4-6,9-14H2,1H3;1H. The first-order valence-corrected chi connectivity index (χ1v) is 10.4. The zero-order valence-corrected chi connectivity index (χ0v) is 18.1. The minimum Gasteiger partial charge on any atom is -0.494 e. The number of anilines is 1. The van der Waals surface area contributed by atoms with Gasteiger partial charge in [-0.25, -0.2) is 4.39 Å². The molecule has 1 aliphatic carbocycles. The summed E-state index contributed by atoms with van der Waals surface area (Å²) in [7, 11) is 1.56. The normalized spacial score (nSPS) is 24.1. The van der Waals surface area contributed by atoms with Gasteiger partial charge in [-0.15, -0.1) is 12.4 Å². The molecule has 2 saturated heterocycles. The van der Waals surface area contributed by atoms with Crippen molar-refractivity contribution in [2.75, 3.05) is 51.3 Å². The molecule has 0 radical (unpaired) electrons. The number of hydrogen-bond acceptors (Lipinski definition) is 5. The Labute approximate surface area is 183 Å².